The van der Waals surface area contributed by atoms with Crippen molar-refractivity contribution in [2.75, 3.05) is 38.3 Å². The molecule has 0 bridgehead atoms. The van der Waals surface area contributed by atoms with Crippen LogP contribution in [0.3, 0.4) is 0 Å². The second-order valence-electron chi connectivity index (χ2n) is 6.80. The molecule has 1 aromatic heterocycles. The van der Waals surface area contributed by atoms with E-state index in [4.69, 9.17) is 10.00 Å². The van der Waals surface area contributed by atoms with Gasteiger partial charge in [-0.1, -0.05) is 0 Å². The van der Waals surface area contributed by atoms with E-state index in [2.05, 4.69) is 0 Å². The Bertz CT molecular complexity index is 936. The molecule has 0 N–H and O–H groups in total. The third kappa shape index (κ3) is 4.54. The van der Waals surface area contributed by atoms with Crippen LogP contribution in [0, 0.1) is 18.3 Å². The highest BCUT2D eigenvalue weighted by Crippen LogP contribution is 2.35. The number of amides is 1. The van der Waals surface area contributed by atoms with Crippen molar-refractivity contribution in [1.29, 1.82) is 5.26 Å². The third-order valence-electron chi connectivity index (χ3n) is 4.85. The molecule has 1 fully saturated rings. The van der Waals surface area contributed by atoms with Crippen molar-refractivity contribution in [2.45, 2.75) is 19.1 Å². The zero-order chi connectivity index (χ0) is 21.2. The van der Waals surface area contributed by atoms with Gasteiger partial charge in [-0.2, -0.15) is 18.4 Å². The molecule has 2 aromatic rings. The van der Waals surface area contributed by atoms with Crippen LogP contribution >= 0.6 is 11.3 Å². The van der Waals surface area contributed by atoms with Crippen LogP contribution in [-0.4, -0.2) is 50.2 Å². The zero-order valence-corrected chi connectivity index (χ0v) is 16.8. The molecule has 9 heteroatoms. The minimum atomic E-state index is -4.61. The molecule has 29 heavy (non-hydrogen) atoms. The van der Waals surface area contributed by atoms with Gasteiger partial charge in [0.2, 0.25) is 0 Å². The fourth-order valence-electron chi connectivity index (χ4n) is 3.44. The number of methoxy groups -OCH3 is 1. The number of aryl methyl sites for hydroxylation is 1. The highest BCUT2D eigenvalue weighted by Gasteiger charge is 2.36. The molecule has 2 heterocycles. The summed E-state index contributed by atoms with van der Waals surface area (Å²) in [5.74, 6) is -0.0967. The maximum atomic E-state index is 13.3. The van der Waals surface area contributed by atoms with Crippen molar-refractivity contribution in [3.63, 3.8) is 0 Å². The summed E-state index contributed by atoms with van der Waals surface area (Å²) in [4.78, 5) is 18.1. The summed E-state index contributed by atoms with van der Waals surface area (Å²) in [7, 11) is 1.53. The second-order valence-corrected chi connectivity index (χ2v) is 8.09. The van der Waals surface area contributed by atoms with Gasteiger partial charge in [0.15, 0.2) is 0 Å². The molecule has 0 radical (unpaired) electrons. The standard InChI is InChI=1S/C20H20F3N3O2S/c1-13-3-6-18(29-13)19(27)26-8-7-25(11-16(26)12-28-2)15-5-4-14(10-24)17(9-15)20(21,22)23/h3-6,9,16H,7-8,11-12H2,1-2H3. The number of nitriles is 1. The Morgan fingerprint density at radius 1 is 1.31 bits per heavy atom. The van der Waals surface area contributed by atoms with E-state index >= 15 is 0 Å². The maximum Gasteiger partial charge on any atom is 0.417 e. The second kappa shape index (κ2) is 8.43. The van der Waals surface area contributed by atoms with Crippen molar-refractivity contribution in [1.82, 2.24) is 4.90 Å². The average molecular weight is 423 g/mol. The number of anilines is 1. The Hall–Kier alpha value is -2.57. The molecular formula is C20H20F3N3O2S. The SMILES string of the molecule is COCC1CN(c2ccc(C#N)c(C(F)(F)F)c2)CCN1C(=O)c1ccc(C)s1. The van der Waals surface area contributed by atoms with E-state index in [1.54, 1.807) is 21.9 Å². The van der Waals surface area contributed by atoms with Crippen LogP contribution in [0.25, 0.3) is 0 Å². The molecular weight excluding hydrogens is 403 g/mol. The Balaban J connectivity index is 1.84. The van der Waals surface area contributed by atoms with Gasteiger partial charge in [-0.05, 0) is 37.3 Å². The smallest absolute Gasteiger partial charge is 0.382 e. The van der Waals surface area contributed by atoms with Gasteiger partial charge in [-0.3, -0.25) is 4.79 Å². The molecule has 1 aliphatic rings. The van der Waals surface area contributed by atoms with E-state index in [1.807, 2.05) is 13.0 Å². The average Bonchev–Trinajstić information content (AvgIpc) is 3.13. The normalized spacial score (nSPS) is 17.3. The number of hydrogen-bond donors (Lipinski definition) is 0. The number of carbonyl (C=O) groups excluding carboxylic acids is 1. The van der Waals surface area contributed by atoms with Crippen molar-refractivity contribution in [2.24, 2.45) is 0 Å². The number of benzene rings is 1. The molecule has 1 saturated heterocycles. The first-order valence-electron chi connectivity index (χ1n) is 8.97. The topological polar surface area (TPSA) is 56.6 Å². The minimum absolute atomic E-state index is 0.0967. The quantitative estimate of drug-likeness (QED) is 0.748. The first kappa shape index (κ1) is 21.1. The van der Waals surface area contributed by atoms with E-state index in [1.165, 1.54) is 30.6 Å². The van der Waals surface area contributed by atoms with Gasteiger partial charge in [0, 0.05) is 37.3 Å². The minimum Gasteiger partial charge on any atom is -0.382 e. The molecule has 5 nitrogen and oxygen atoms in total. The van der Waals surface area contributed by atoms with Crippen LogP contribution in [0.1, 0.15) is 25.7 Å². The Labute approximate surface area is 170 Å². The summed E-state index contributed by atoms with van der Waals surface area (Å²) in [6, 6.07) is 8.67. The number of hydrogen-bond acceptors (Lipinski definition) is 5. The van der Waals surface area contributed by atoms with E-state index in [0.29, 0.717) is 30.2 Å². The van der Waals surface area contributed by atoms with Crippen LogP contribution in [0.5, 0.6) is 0 Å². The maximum absolute atomic E-state index is 13.3. The molecule has 3 rings (SSSR count). The van der Waals surface area contributed by atoms with Crippen LogP contribution in [0.15, 0.2) is 30.3 Å². The predicted octanol–water partition coefficient (Wildman–Crippen LogP) is 3.92. The van der Waals surface area contributed by atoms with Gasteiger partial charge in [0.1, 0.15) is 0 Å². The van der Waals surface area contributed by atoms with Gasteiger partial charge in [0.05, 0.1) is 34.7 Å². The summed E-state index contributed by atoms with van der Waals surface area (Å²) < 4.78 is 45.1. The lowest BCUT2D eigenvalue weighted by Crippen LogP contribution is -2.57. The van der Waals surface area contributed by atoms with Crippen LogP contribution < -0.4 is 4.90 Å². The summed E-state index contributed by atoms with van der Waals surface area (Å²) in [6.07, 6.45) is -4.61. The Kier molecular flexibility index (Phi) is 6.15. The number of thiophene rings is 1. The number of alkyl halides is 3. The van der Waals surface area contributed by atoms with Gasteiger partial charge in [-0.25, -0.2) is 0 Å². The fourth-order valence-corrected chi connectivity index (χ4v) is 4.27. The number of piperazine rings is 1. The van der Waals surface area contributed by atoms with Gasteiger partial charge in [0.25, 0.3) is 5.91 Å². The molecule has 154 valence electrons. The lowest BCUT2D eigenvalue weighted by molar-refractivity contribution is -0.137. The molecule has 0 spiro atoms. The highest BCUT2D eigenvalue weighted by molar-refractivity contribution is 7.13. The Morgan fingerprint density at radius 2 is 2.07 bits per heavy atom. The zero-order valence-electron chi connectivity index (χ0n) is 16.0. The van der Waals surface area contributed by atoms with E-state index in [9.17, 15) is 18.0 Å². The summed E-state index contributed by atoms with van der Waals surface area (Å²) in [5.41, 5.74) is -0.985. The number of ether oxygens (including phenoxy) is 1. The van der Waals surface area contributed by atoms with Crippen molar-refractivity contribution < 1.29 is 22.7 Å². The van der Waals surface area contributed by atoms with Crippen molar-refractivity contribution in [3.8, 4) is 6.07 Å². The van der Waals surface area contributed by atoms with Crippen molar-refractivity contribution in [3.05, 3.63) is 51.2 Å². The first-order chi connectivity index (χ1) is 13.7. The van der Waals surface area contributed by atoms with Gasteiger partial charge >= 0.3 is 6.18 Å². The van der Waals surface area contributed by atoms with E-state index in [-0.39, 0.29) is 18.6 Å². The molecule has 1 unspecified atom stereocenters. The lowest BCUT2D eigenvalue weighted by Gasteiger charge is -2.42. The lowest BCUT2D eigenvalue weighted by atomic mass is 10.0. The Morgan fingerprint density at radius 3 is 2.66 bits per heavy atom. The summed E-state index contributed by atoms with van der Waals surface area (Å²) in [6.45, 7) is 3.29. The monoisotopic (exact) mass is 423 g/mol. The summed E-state index contributed by atoms with van der Waals surface area (Å²) in [5, 5.41) is 8.98. The molecule has 1 aromatic carbocycles. The third-order valence-corrected chi connectivity index (χ3v) is 5.84. The van der Waals surface area contributed by atoms with E-state index in [0.717, 1.165) is 10.9 Å². The first-order valence-corrected chi connectivity index (χ1v) is 9.79. The number of halogens is 3. The molecule has 1 atom stereocenters. The van der Waals surface area contributed by atoms with Crippen molar-refractivity contribution >= 4 is 22.9 Å². The van der Waals surface area contributed by atoms with Crippen LogP contribution in [0.2, 0.25) is 0 Å². The number of rotatable bonds is 4. The van der Waals surface area contributed by atoms with Gasteiger partial charge in [-0.15, -0.1) is 11.3 Å². The number of nitrogens with zero attached hydrogens (tertiary/aromatic N) is 3. The van der Waals surface area contributed by atoms with Gasteiger partial charge < -0.3 is 14.5 Å². The molecule has 1 aliphatic heterocycles. The highest BCUT2D eigenvalue weighted by atomic mass is 32.1. The fraction of sp³-hybridized carbons (Fsp3) is 0.400. The van der Waals surface area contributed by atoms with Crippen LogP contribution in [-0.2, 0) is 10.9 Å². The predicted molar refractivity (Wildman–Crippen MR) is 104 cm³/mol. The largest absolute Gasteiger partial charge is 0.417 e. The van der Waals surface area contributed by atoms with Crippen LogP contribution in [0.4, 0.5) is 18.9 Å². The molecule has 0 aliphatic carbocycles. The molecule has 0 saturated carbocycles. The number of carbonyl (C=O) groups is 1. The summed E-state index contributed by atoms with van der Waals surface area (Å²) >= 11 is 1.41. The van der Waals surface area contributed by atoms with E-state index < -0.39 is 17.3 Å². The molecule has 1 amide bonds.